The number of methoxy groups -OCH3 is 1. The quantitative estimate of drug-likeness (QED) is 0.817. The van der Waals surface area contributed by atoms with Gasteiger partial charge in [-0.15, -0.1) is 0 Å². The molecule has 2 rings (SSSR count). The third kappa shape index (κ3) is 5.27. The van der Waals surface area contributed by atoms with Gasteiger partial charge in [0.25, 0.3) is 0 Å². The molecule has 0 aliphatic carbocycles. The lowest BCUT2D eigenvalue weighted by molar-refractivity contribution is 0.134. The first-order chi connectivity index (χ1) is 10.3. The van der Waals surface area contributed by atoms with Gasteiger partial charge in [0.05, 0.1) is 13.2 Å². The molecular weight excluding hydrogens is 268 g/mol. The number of urea groups is 1. The number of rotatable bonds is 6. The first-order valence-corrected chi connectivity index (χ1v) is 7.49. The first-order valence-electron chi connectivity index (χ1n) is 7.49. The molecule has 0 unspecified atom stereocenters. The number of piperidine rings is 1. The van der Waals surface area contributed by atoms with Gasteiger partial charge in [0.2, 0.25) is 0 Å². The van der Waals surface area contributed by atoms with E-state index in [2.05, 4.69) is 5.32 Å². The van der Waals surface area contributed by atoms with Gasteiger partial charge >= 0.3 is 6.03 Å². The summed E-state index contributed by atoms with van der Waals surface area (Å²) in [6.45, 7) is 3.33. The second-order valence-corrected chi connectivity index (χ2v) is 5.30. The van der Waals surface area contributed by atoms with Crippen molar-refractivity contribution in [2.24, 2.45) is 5.92 Å². The van der Waals surface area contributed by atoms with Crippen molar-refractivity contribution in [2.75, 3.05) is 40.0 Å². The van der Waals surface area contributed by atoms with Crippen LogP contribution >= 0.6 is 0 Å². The lowest BCUT2D eigenvalue weighted by Gasteiger charge is -2.32. The minimum Gasteiger partial charge on any atom is -0.493 e. The summed E-state index contributed by atoms with van der Waals surface area (Å²) >= 11 is 0. The molecule has 0 radical (unpaired) electrons. The molecule has 5 heteroatoms. The summed E-state index contributed by atoms with van der Waals surface area (Å²) in [7, 11) is 1.63. The fourth-order valence-corrected chi connectivity index (χ4v) is 2.49. The Kier molecular flexibility index (Phi) is 6.34. The Hall–Kier alpha value is -1.75. The van der Waals surface area contributed by atoms with Crippen molar-refractivity contribution >= 4 is 6.03 Å². The molecule has 2 amide bonds. The molecule has 1 heterocycles. The van der Waals surface area contributed by atoms with Crippen LogP contribution in [0.15, 0.2) is 30.3 Å². The lowest BCUT2D eigenvalue weighted by Crippen LogP contribution is -2.47. The maximum absolute atomic E-state index is 12.0. The summed E-state index contributed by atoms with van der Waals surface area (Å²) in [6.07, 6.45) is 2.13. The molecule has 1 aliphatic rings. The minimum atomic E-state index is -0.00328. The van der Waals surface area contributed by atoms with Crippen LogP contribution in [0.3, 0.4) is 0 Å². The molecule has 1 aromatic rings. The maximum atomic E-state index is 12.0. The molecule has 0 bridgehead atoms. The molecule has 5 nitrogen and oxygen atoms in total. The smallest absolute Gasteiger partial charge is 0.317 e. The Bertz CT molecular complexity index is 425. The van der Waals surface area contributed by atoms with Gasteiger partial charge in [-0.2, -0.15) is 0 Å². The van der Waals surface area contributed by atoms with Gasteiger partial charge in [0, 0.05) is 32.7 Å². The number of carbonyl (C=O) groups excluding carboxylic acids is 1. The molecule has 1 aromatic carbocycles. The number of nitrogens with zero attached hydrogens (tertiary/aromatic N) is 1. The van der Waals surface area contributed by atoms with Crippen LogP contribution in [0.2, 0.25) is 0 Å². The van der Waals surface area contributed by atoms with Crippen molar-refractivity contribution in [2.45, 2.75) is 12.8 Å². The number of carbonyl (C=O) groups is 1. The monoisotopic (exact) mass is 292 g/mol. The van der Waals surface area contributed by atoms with E-state index in [0.717, 1.165) is 31.7 Å². The standard InChI is InChI=1S/C16H24N2O3/c1-20-11-9-17-16(19)18-10-5-6-14(12-18)13-21-15-7-3-2-4-8-15/h2-4,7-8,14H,5-6,9-13H2,1H3,(H,17,19)/t14-/m1/s1. The Morgan fingerprint density at radius 2 is 2.19 bits per heavy atom. The van der Waals surface area contributed by atoms with E-state index in [1.807, 2.05) is 35.2 Å². The summed E-state index contributed by atoms with van der Waals surface area (Å²) in [4.78, 5) is 13.9. The SMILES string of the molecule is COCCNC(=O)N1CCC[C@@H](COc2ccccc2)C1. The summed E-state index contributed by atoms with van der Waals surface area (Å²) in [5.74, 6) is 1.28. The Balaban J connectivity index is 1.74. The number of amides is 2. The minimum absolute atomic E-state index is 0.00328. The van der Waals surface area contributed by atoms with Gasteiger partial charge in [-0.3, -0.25) is 0 Å². The van der Waals surface area contributed by atoms with Gasteiger partial charge < -0.3 is 19.7 Å². The number of likely N-dealkylation sites (tertiary alicyclic amines) is 1. The van der Waals surface area contributed by atoms with E-state index < -0.39 is 0 Å². The average Bonchev–Trinajstić information content (AvgIpc) is 2.54. The van der Waals surface area contributed by atoms with Crippen LogP contribution in [0.5, 0.6) is 5.75 Å². The van der Waals surface area contributed by atoms with Crippen LogP contribution in [0.4, 0.5) is 4.79 Å². The zero-order valence-electron chi connectivity index (χ0n) is 12.6. The van der Waals surface area contributed by atoms with Crippen LogP contribution in [-0.2, 0) is 4.74 Å². The third-order valence-corrected chi connectivity index (χ3v) is 3.62. The second-order valence-electron chi connectivity index (χ2n) is 5.30. The number of para-hydroxylation sites is 1. The summed E-state index contributed by atoms with van der Waals surface area (Å²) < 4.78 is 10.7. The number of hydrogen-bond acceptors (Lipinski definition) is 3. The zero-order chi connectivity index (χ0) is 14.9. The van der Waals surface area contributed by atoms with Gasteiger partial charge in [0.1, 0.15) is 5.75 Å². The normalized spacial score (nSPS) is 18.3. The van der Waals surface area contributed by atoms with Crippen LogP contribution in [0.1, 0.15) is 12.8 Å². The lowest BCUT2D eigenvalue weighted by atomic mass is 9.99. The predicted octanol–water partition coefficient (Wildman–Crippen LogP) is 2.13. The highest BCUT2D eigenvalue weighted by atomic mass is 16.5. The number of hydrogen-bond donors (Lipinski definition) is 1. The number of ether oxygens (including phenoxy) is 2. The molecule has 0 aromatic heterocycles. The number of benzene rings is 1. The average molecular weight is 292 g/mol. The third-order valence-electron chi connectivity index (χ3n) is 3.62. The number of nitrogens with one attached hydrogen (secondary N) is 1. The van der Waals surface area contributed by atoms with E-state index in [0.29, 0.717) is 25.7 Å². The summed E-state index contributed by atoms with van der Waals surface area (Å²) in [6, 6.07) is 9.81. The van der Waals surface area contributed by atoms with E-state index in [1.165, 1.54) is 0 Å². The first kappa shape index (κ1) is 15.6. The molecule has 1 atom stereocenters. The summed E-state index contributed by atoms with van der Waals surface area (Å²) in [5, 5.41) is 2.87. The molecule has 1 fully saturated rings. The Morgan fingerprint density at radius 3 is 2.95 bits per heavy atom. The van der Waals surface area contributed by atoms with E-state index in [1.54, 1.807) is 7.11 Å². The van der Waals surface area contributed by atoms with Crippen LogP contribution in [0.25, 0.3) is 0 Å². The van der Waals surface area contributed by atoms with E-state index in [9.17, 15) is 4.79 Å². The Labute approximate surface area is 126 Å². The van der Waals surface area contributed by atoms with Crippen LogP contribution in [-0.4, -0.2) is 50.9 Å². The van der Waals surface area contributed by atoms with Crippen molar-refractivity contribution in [3.05, 3.63) is 30.3 Å². The van der Waals surface area contributed by atoms with Crippen LogP contribution in [0, 0.1) is 5.92 Å². The zero-order valence-corrected chi connectivity index (χ0v) is 12.6. The van der Waals surface area contributed by atoms with Crippen molar-refractivity contribution in [1.82, 2.24) is 10.2 Å². The van der Waals surface area contributed by atoms with Gasteiger partial charge in [-0.25, -0.2) is 4.79 Å². The molecule has 1 saturated heterocycles. The largest absolute Gasteiger partial charge is 0.493 e. The predicted molar refractivity (Wildman–Crippen MR) is 81.5 cm³/mol. The van der Waals surface area contributed by atoms with Gasteiger partial charge in [0.15, 0.2) is 0 Å². The van der Waals surface area contributed by atoms with Gasteiger partial charge in [-0.1, -0.05) is 18.2 Å². The Morgan fingerprint density at radius 1 is 1.38 bits per heavy atom. The topological polar surface area (TPSA) is 50.8 Å². The molecule has 21 heavy (non-hydrogen) atoms. The van der Waals surface area contributed by atoms with Crippen molar-refractivity contribution < 1.29 is 14.3 Å². The molecular formula is C16H24N2O3. The van der Waals surface area contributed by atoms with Crippen molar-refractivity contribution in [3.8, 4) is 5.75 Å². The molecule has 0 spiro atoms. The second kappa shape index (κ2) is 8.52. The molecule has 116 valence electrons. The fraction of sp³-hybridized carbons (Fsp3) is 0.562. The fourth-order valence-electron chi connectivity index (χ4n) is 2.49. The van der Waals surface area contributed by atoms with E-state index >= 15 is 0 Å². The van der Waals surface area contributed by atoms with Crippen molar-refractivity contribution in [1.29, 1.82) is 0 Å². The van der Waals surface area contributed by atoms with Crippen LogP contribution < -0.4 is 10.1 Å². The molecule has 0 saturated carbocycles. The van der Waals surface area contributed by atoms with E-state index in [-0.39, 0.29) is 6.03 Å². The van der Waals surface area contributed by atoms with E-state index in [4.69, 9.17) is 9.47 Å². The molecule has 1 aliphatic heterocycles. The molecule has 1 N–H and O–H groups in total. The maximum Gasteiger partial charge on any atom is 0.317 e. The highest BCUT2D eigenvalue weighted by Gasteiger charge is 2.23. The highest BCUT2D eigenvalue weighted by molar-refractivity contribution is 5.74. The van der Waals surface area contributed by atoms with Gasteiger partial charge in [-0.05, 0) is 25.0 Å². The highest BCUT2D eigenvalue weighted by Crippen LogP contribution is 2.18. The summed E-state index contributed by atoms with van der Waals surface area (Å²) in [5.41, 5.74) is 0. The van der Waals surface area contributed by atoms with Crippen molar-refractivity contribution in [3.63, 3.8) is 0 Å².